The predicted octanol–water partition coefficient (Wildman–Crippen LogP) is 1.70. The average Bonchev–Trinajstić information content (AvgIpc) is 2.27. The standard InChI is InChI=1S/C9H8ClNO6S/c1-2-17-9(12)7-5-6(11(13)14)3-4-8(7)18(10,15)16/h3-5H,2H2,1H3. The number of halogens is 1. The van der Waals surface area contributed by atoms with E-state index in [1.807, 2.05) is 0 Å². The summed E-state index contributed by atoms with van der Waals surface area (Å²) < 4.78 is 27.1. The molecule has 7 nitrogen and oxygen atoms in total. The number of nitro benzene ring substituents is 1. The number of nitrogens with zero attached hydrogens (tertiary/aromatic N) is 1. The van der Waals surface area contributed by atoms with Crippen LogP contribution in [-0.2, 0) is 13.8 Å². The van der Waals surface area contributed by atoms with Crippen molar-refractivity contribution in [2.24, 2.45) is 0 Å². The molecule has 9 heteroatoms. The second kappa shape index (κ2) is 5.32. The second-order valence-electron chi connectivity index (χ2n) is 3.10. The zero-order chi connectivity index (χ0) is 13.9. The molecule has 0 unspecified atom stereocenters. The maximum atomic E-state index is 11.5. The molecular formula is C9H8ClNO6S. The first-order valence-corrected chi connectivity index (χ1v) is 6.98. The largest absolute Gasteiger partial charge is 0.462 e. The maximum Gasteiger partial charge on any atom is 0.339 e. The highest BCUT2D eigenvalue weighted by atomic mass is 35.7. The zero-order valence-corrected chi connectivity index (χ0v) is 10.7. The van der Waals surface area contributed by atoms with Crippen molar-refractivity contribution in [3.63, 3.8) is 0 Å². The van der Waals surface area contributed by atoms with Crippen molar-refractivity contribution in [3.8, 4) is 0 Å². The van der Waals surface area contributed by atoms with Crippen molar-refractivity contribution in [2.75, 3.05) is 6.61 Å². The molecule has 0 fully saturated rings. The highest BCUT2D eigenvalue weighted by molar-refractivity contribution is 8.13. The van der Waals surface area contributed by atoms with E-state index in [2.05, 4.69) is 4.74 Å². The van der Waals surface area contributed by atoms with Gasteiger partial charge in [-0.1, -0.05) is 0 Å². The highest BCUT2D eigenvalue weighted by Gasteiger charge is 2.24. The number of non-ortho nitro benzene ring substituents is 1. The predicted molar refractivity (Wildman–Crippen MR) is 62.1 cm³/mol. The van der Waals surface area contributed by atoms with Crippen LogP contribution < -0.4 is 0 Å². The molecule has 1 rings (SSSR count). The van der Waals surface area contributed by atoms with Gasteiger partial charge in [-0.25, -0.2) is 13.2 Å². The highest BCUT2D eigenvalue weighted by Crippen LogP contribution is 2.25. The number of carbonyl (C=O) groups excluding carboxylic acids is 1. The summed E-state index contributed by atoms with van der Waals surface area (Å²) in [5, 5.41) is 10.6. The number of nitro groups is 1. The van der Waals surface area contributed by atoms with Gasteiger partial charge in [0.05, 0.1) is 22.0 Å². The fourth-order valence-electron chi connectivity index (χ4n) is 1.21. The number of carbonyl (C=O) groups is 1. The van der Waals surface area contributed by atoms with Crippen LogP contribution in [0.25, 0.3) is 0 Å². The van der Waals surface area contributed by atoms with Crippen molar-refractivity contribution in [2.45, 2.75) is 11.8 Å². The first kappa shape index (κ1) is 14.4. The minimum Gasteiger partial charge on any atom is -0.462 e. The van der Waals surface area contributed by atoms with Crippen LogP contribution in [0.5, 0.6) is 0 Å². The summed E-state index contributed by atoms with van der Waals surface area (Å²) in [5.74, 6) is -0.986. The number of benzene rings is 1. The second-order valence-corrected chi connectivity index (χ2v) is 5.63. The molecule has 0 aliphatic carbocycles. The molecule has 98 valence electrons. The quantitative estimate of drug-likeness (QED) is 0.362. The van der Waals surface area contributed by atoms with Crippen LogP contribution in [0, 0.1) is 10.1 Å². The van der Waals surface area contributed by atoms with E-state index in [1.54, 1.807) is 0 Å². The van der Waals surface area contributed by atoms with E-state index in [-0.39, 0.29) is 6.61 Å². The number of hydrogen-bond acceptors (Lipinski definition) is 6. The molecule has 18 heavy (non-hydrogen) atoms. The van der Waals surface area contributed by atoms with Gasteiger partial charge >= 0.3 is 5.97 Å². The Hall–Kier alpha value is -1.67. The number of hydrogen-bond donors (Lipinski definition) is 0. The first-order chi connectivity index (χ1) is 8.27. The zero-order valence-electron chi connectivity index (χ0n) is 9.12. The molecule has 0 saturated carbocycles. The Labute approximate surface area is 107 Å². The van der Waals surface area contributed by atoms with Crippen molar-refractivity contribution in [1.29, 1.82) is 0 Å². The summed E-state index contributed by atoms with van der Waals surface area (Å²) in [7, 11) is 0.944. The lowest BCUT2D eigenvalue weighted by Crippen LogP contribution is -2.10. The van der Waals surface area contributed by atoms with E-state index in [9.17, 15) is 23.3 Å². The van der Waals surface area contributed by atoms with Crippen LogP contribution in [0.1, 0.15) is 17.3 Å². The fourth-order valence-corrected chi connectivity index (χ4v) is 2.25. The minimum atomic E-state index is -4.19. The molecule has 1 aromatic carbocycles. The van der Waals surface area contributed by atoms with Gasteiger partial charge < -0.3 is 4.74 Å². The Bertz CT molecular complexity index is 597. The normalized spacial score (nSPS) is 11.0. The lowest BCUT2D eigenvalue weighted by atomic mass is 10.2. The van der Waals surface area contributed by atoms with E-state index < -0.39 is 36.1 Å². The number of rotatable bonds is 4. The molecule has 0 N–H and O–H groups in total. The third kappa shape index (κ3) is 3.17. The van der Waals surface area contributed by atoms with Gasteiger partial charge in [0.2, 0.25) is 0 Å². The van der Waals surface area contributed by atoms with Gasteiger partial charge in [0.25, 0.3) is 14.7 Å². The van der Waals surface area contributed by atoms with Gasteiger partial charge in [0.1, 0.15) is 0 Å². The molecule has 0 spiro atoms. The Kier molecular flexibility index (Phi) is 4.25. The molecule has 0 atom stereocenters. The van der Waals surface area contributed by atoms with Crippen LogP contribution in [0.2, 0.25) is 0 Å². The van der Waals surface area contributed by atoms with Crippen LogP contribution >= 0.6 is 10.7 Å². The smallest absolute Gasteiger partial charge is 0.339 e. The van der Waals surface area contributed by atoms with E-state index in [0.717, 1.165) is 18.2 Å². The molecule has 0 aliphatic heterocycles. The summed E-state index contributed by atoms with van der Waals surface area (Å²) in [6, 6.07) is 2.65. The summed E-state index contributed by atoms with van der Waals surface area (Å²) in [6.07, 6.45) is 0. The van der Waals surface area contributed by atoms with Crippen LogP contribution in [-0.4, -0.2) is 25.9 Å². The summed E-state index contributed by atoms with van der Waals surface area (Å²) in [6.45, 7) is 1.52. The van der Waals surface area contributed by atoms with Crippen LogP contribution in [0.4, 0.5) is 5.69 Å². The van der Waals surface area contributed by atoms with Crippen molar-refractivity contribution in [1.82, 2.24) is 0 Å². The monoisotopic (exact) mass is 293 g/mol. The van der Waals surface area contributed by atoms with Gasteiger partial charge in [-0.3, -0.25) is 10.1 Å². The van der Waals surface area contributed by atoms with Gasteiger partial charge in [0, 0.05) is 22.8 Å². The topological polar surface area (TPSA) is 104 Å². The molecule has 0 aliphatic rings. The molecule has 0 heterocycles. The summed E-state index contributed by atoms with van der Waals surface area (Å²) >= 11 is 0. The molecule has 0 amide bonds. The molecular weight excluding hydrogens is 286 g/mol. The van der Waals surface area contributed by atoms with Gasteiger partial charge in [-0.2, -0.15) is 0 Å². The van der Waals surface area contributed by atoms with Crippen molar-refractivity contribution >= 4 is 31.4 Å². The Morgan fingerprint density at radius 1 is 1.50 bits per heavy atom. The molecule has 0 saturated heterocycles. The maximum absolute atomic E-state index is 11.5. The third-order valence-corrected chi connectivity index (χ3v) is 3.31. The summed E-state index contributed by atoms with van der Waals surface area (Å²) in [4.78, 5) is 20.8. The lowest BCUT2D eigenvalue weighted by molar-refractivity contribution is -0.384. The number of ether oxygens (including phenoxy) is 1. The van der Waals surface area contributed by atoms with Crippen molar-refractivity contribution in [3.05, 3.63) is 33.9 Å². The van der Waals surface area contributed by atoms with Crippen molar-refractivity contribution < 1.29 is 22.9 Å². The van der Waals surface area contributed by atoms with E-state index in [0.29, 0.717) is 0 Å². The number of esters is 1. The van der Waals surface area contributed by atoms with E-state index in [4.69, 9.17) is 10.7 Å². The lowest BCUT2D eigenvalue weighted by Gasteiger charge is -2.05. The summed E-state index contributed by atoms with van der Waals surface area (Å²) in [5.41, 5.74) is -0.886. The molecule has 0 aromatic heterocycles. The van der Waals surface area contributed by atoms with E-state index in [1.165, 1.54) is 6.92 Å². The SMILES string of the molecule is CCOC(=O)c1cc([N+](=O)[O-])ccc1S(=O)(=O)Cl. The molecule has 1 aromatic rings. The van der Waals surface area contributed by atoms with Gasteiger partial charge in [-0.15, -0.1) is 0 Å². The van der Waals surface area contributed by atoms with Gasteiger partial charge in [0.15, 0.2) is 0 Å². The Balaban J connectivity index is 3.45. The van der Waals surface area contributed by atoms with E-state index >= 15 is 0 Å². The first-order valence-electron chi connectivity index (χ1n) is 4.67. The van der Waals surface area contributed by atoms with Crippen LogP contribution in [0.3, 0.4) is 0 Å². The fraction of sp³-hybridized carbons (Fsp3) is 0.222. The Morgan fingerprint density at radius 2 is 2.11 bits per heavy atom. The van der Waals surface area contributed by atoms with Gasteiger partial charge in [-0.05, 0) is 13.0 Å². The minimum absolute atomic E-state index is 0.00327. The Morgan fingerprint density at radius 3 is 2.56 bits per heavy atom. The van der Waals surface area contributed by atoms with Crippen LogP contribution in [0.15, 0.2) is 23.1 Å². The molecule has 0 bridgehead atoms. The third-order valence-electron chi connectivity index (χ3n) is 1.93. The molecule has 0 radical (unpaired) electrons. The average molecular weight is 294 g/mol.